The van der Waals surface area contributed by atoms with Gasteiger partial charge in [0.2, 0.25) is 5.91 Å². The zero-order valence-electron chi connectivity index (χ0n) is 23.1. The van der Waals surface area contributed by atoms with Gasteiger partial charge in [-0.1, -0.05) is 48.5 Å². The van der Waals surface area contributed by atoms with Crippen LogP contribution in [0, 0.1) is 13.8 Å². The van der Waals surface area contributed by atoms with Gasteiger partial charge >= 0.3 is 12.2 Å². The Morgan fingerprint density at radius 1 is 0.951 bits per heavy atom. The van der Waals surface area contributed by atoms with Crippen LogP contribution in [0.25, 0.3) is 10.9 Å². The highest BCUT2D eigenvalue weighted by atomic mass is 19.4. The molecule has 0 unspecified atom stereocenters. The van der Waals surface area contributed by atoms with E-state index in [-0.39, 0.29) is 31.1 Å². The van der Waals surface area contributed by atoms with Crippen LogP contribution < -0.4 is 5.32 Å². The molecule has 214 valence electrons. The molecule has 2 N–H and O–H groups in total. The van der Waals surface area contributed by atoms with Crippen molar-refractivity contribution in [3.05, 3.63) is 101 Å². The van der Waals surface area contributed by atoms with E-state index in [1.54, 1.807) is 9.80 Å². The molecule has 0 atom stereocenters. The Labute approximate surface area is 237 Å². The summed E-state index contributed by atoms with van der Waals surface area (Å²) in [5.41, 5.74) is 4.48. The molecule has 1 saturated carbocycles. The van der Waals surface area contributed by atoms with Crippen LogP contribution in [0.5, 0.6) is 0 Å². The summed E-state index contributed by atoms with van der Waals surface area (Å²) >= 11 is 0. The van der Waals surface area contributed by atoms with Crippen molar-refractivity contribution in [2.24, 2.45) is 0 Å². The van der Waals surface area contributed by atoms with Crippen molar-refractivity contribution < 1.29 is 22.8 Å². The number of amides is 3. The van der Waals surface area contributed by atoms with E-state index in [1.807, 2.05) is 62.5 Å². The first kappa shape index (κ1) is 28.3. The second-order valence-electron chi connectivity index (χ2n) is 10.7. The summed E-state index contributed by atoms with van der Waals surface area (Å²) in [6.07, 6.45) is -0.325. The van der Waals surface area contributed by atoms with Crippen LogP contribution in [-0.2, 0) is 23.9 Å². The smallest absolute Gasteiger partial charge is 0.361 e. The molecule has 1 fully saturated rings. The lowest BCUT2D eigenvalue weighted by atomic mass is 10.1. The average molecular weight is 563 g/mol. The van der Waals surface area contributed by atoms with Crippen LogP contribution in [0.4, 0.5) is 23.7 Å². The SMILES string of the molecule is Cc1cccc(C)c1NC(=O)N(CC(=O)N(CCc1c[nH]c2ccccc12)Cc1ccc(C(F)(F)F)cc1)C1CC1. The minimum atomic E-state index is -4.43. The first-order chi connectivity index (χ1) is 19.6. The van der Waals surface area contributed by atoms with E-state index in [0.717, 1.165) is 58.3 Å². The summed E-state index contributed by atoms with van der Waals surface area (Å²) in [5, 5.41) is 4.05. The highest BCUT2D eigenvalue weighted by Gasteiger charge is 2.35. The molecule has 0 radical (unpaired) electrons. The lowest BCUT2D eigenvalue weighted by molar-refractivity contribution is -0.137. The Hall–Kier alpha value is -4.27. The molecular formula is C32H33F3N4O2. The molecule has 1 aromatic heterocycles. The van der Waals surface area contributed by atoms with E-state index in [9.17, 15) is 22.8 Å². The Kier molecular flexibility index (Phi) is 8.06. The van der Waals surface area contributed by atoms with Crippen LogP contribution in [0.2, 0.25) is 0 Å². The molecule has 0 spiro atoms. The van der Waals surface area contributed by atoms with Gasteiger partial charge in [-0.05, 0) is 73.6 Å². The number of fused-ring (bicyclic) bond motifs is 1. The number of para-hydroxylation sites is 2. The van der Waals surface area contributed by atoms with Crippen LogP contribution >= 0.6 is 0 Å². The number of alkyl halides is 3. The van der Waals surface area contributed by atoms with Crippen molar-refractivity contribution >= 4 is 28.5 Å². The number of carbonyl (C=O) groups excluding carboxylic acids is 2. The first-order valence-electron chi connectivity index (χ1n) is 13.7. The van der Waals surface area contributed by atoms with E-state index in [0.29, 0.717) is 18.5 Å². The highest BCUT2D eigenvalue weighted by Crippen LogP contribution is 2.30. The zero-order chi connectivity index (χ0) is 29.1. The van der Waals surface area contributed by atoms with Gasteiger partial charge in [0.1, 0.15) is 6.54 Å². The summed E-state index contributed by atoms with van der Waals surface area (Å²) in [7, 11) is 0. The van der Waals surface area contributed by atoms with Crippen LogP contribution in [0.3, 0.4) is 0 Å². The molecule has 3 amide bonds. The van der Waals surface area contributed by atoms with Crippen molar-refractivity contribution in [2.75, 3.05) is 18.4 Å². The predicted octanol–water partition coefficient (Wildman–Crippen LogP) is 7.07. The van der Waals surface area contributed by atoms with Crippen molar-refractivity contribution in [1.29, 1.82) is 0 Å². The van der Waals surface area contributed by atoms with Gasteiger partial charge in [-0.2, -0.15) is 13.2 Å². The quantitative estimate of drug-likeness (QED) is 0.229. The minimum Gasteiger partial charge on any atom is -0.361 e. The second kappa shape index (κ2) is 11.7. The van der Waals surface area contributed by atoms with E-state index in [2.05, 4.69) is 10.3 Å². The molecule has 4 aromatic rings. The third-order valence-electron chi connectivity index (χ3n) is 7.60. The average Bonchev–Trinajstić information content (AvgIpc) is 3.70. The van der Waals surface area contributed by atoms with Gasteiger partial charge in [-0.25, -0.2) is 4.79 Å². The van der Waals surface area contributed by atoms with Crippen LogP contribution in [0.15, 0.2) is 72.9 Å². The number of anilines is 1. The number of hydrogen-bond donors (Lipinski definition) is 2. The summed E-state index contributed by atoms with van der Waals surface area (Å²) in [6, 6.07) is 18.2. The number of urea groups is 1. The molecule has 1 aliphatic rings. The Morgan fingerprint density at radius 3 is 2.29 bits per heavy atom. The molecule has 3 aromatic carbocycles. The molecular weight excluding hydrogens is 529 g/mol. The summed E-state index contributed by atoms with van der Waals surface area (Å²) in [6.45, 7) is 4.21. The Morgan fingerprint density at radius 2 is 1.63 bits per heavy atom. The normalized spacial score (nSPS) is 13.3. The highest BCUT2D eigenvalue weighted by molar-refractivity contribution is 5.94. The Balaban J connectivity index is 1.35. The van der Waals surface area contributed by atoms with Crippen molar-refractivity contribution in [2.45, 2.75) is 51.9 Å². The van der Waals surface area contributed by atoms with Gasteiger partial charge in [-0.15, -0.1) is 0 Å². The molecule has 1 heterocycles. The number of nitrogens with one attached hydrogen (secondary N) is 2. The van der Waals surface area contributed by atoms with E-state index >= 15 is 0 Å². The molecule has 6 nitrogen and oxygen atoms in total. The first-order valence-corrected chi connectivity index (χ1v) is 13.7. The molecule has 5 rings (SSSR count). The van der Waals surface area contributed by atoms with Crippen molar-refractivity contribution in [3.63, 3.8) is 0 Å². The number of rotatable bonds is 9. The Bertz CT molecular complexity index is 1520. The lowest BCUT2D eigenvalue weighted by Gasteiger charge is -2.28. The third-order valence-corrected chi connectivity index (χ3v) is 7.60. The van der Waals surface area contributed by atoms with Crippen LogP contribution in [-0.4, -0.2) is 45.9 Å². The number of nitrogens with zero attached hydrogens (tertiary/aromatic N) is 2. The van der Waals surface area contributed by atoms with Gasteiger partial charge in [0, 0.05) is 41.9 Å². The van der Waals surface area contributed by atoms with E-state index < -0.39 is 11.7 Å². The number of carbonyl (C=O) groups is 2. The fourth-order valence-corrected chi connectivity index (χ4v) is 5.09. The van der Waals surface area contributed by atoms with Gasteiger partial charge in [-0.3, -0.25) is 4.79 Å². The summed E-state index contributed by atoms with van der Waals surface area (Å²) in [4.78, 5) is 33.6. The number of benzene rings is 3. The molecule has 41 heavy (non-hydrogen) atoms. The second-order valence-corrected chi connectivity index (χ2v) is 10.7. The third kappa shape index (κ3) is 6.73. The van der Waals surface area contributed by atoms with Gasteiger partial charge in [0.25, 0.3) is 0 Å². The number of aryl methyl sites for hydroxylation is 2. The number of hydrogen-bond acceptors (Lipinski definition) is 2. The number of H-pyrrole nitrogens is 1. The largest absolute Gasteiger partial charge is 0.416 e. The van der Waals surface area contributed by atoms with E-state index in [4.69, 9.17) is 0 Å². The van der Waals surface area contributed by atoms with Gasteiger partial charge in [0.05, 0.1) is 5.56 Å². The summed E-state index contributed by atoms with van der Waals surface area (Å²) < 4.78 is 39.3. The maximum atomic E-state index is 13.7. The standard InChI is InChI=1S/C32H33F3N4O2/c1-21-6-5-7-22(2)30(21)37-31(41)39(26-14-15-26)20-29(40)38(19-23-10-12-25(13-11-23)32(33,34)35)17-16-24-18-36-28-9-4-3-8-27(24)28/h3-13,18,26,36H,14-17,19-20H2,1-2H3,(H,37,41). The topological polar surface area (TPSA) is 68.4 Å². The zero-order valence-corrected chi connectivity index (χ0v) is 23.1. The summed E-state index contributed by atoms with van der Waals surface area (Å²) in [5.74, 6) is -0.256. The number of aromatic amines is 1. The maximum Gasteiger partial charge on any atom is 0.416 e. The predicted molar refractivity (Wildman–Crippen MR) is 154 cm³/mol. The van der Waals surface area contributed by atoms with Crippen LogP contribution in [0.1, 0.15) is 40.7 Å². The van der Waals surface area contributed by atoms with Crippen molar-refractivity contribution in [1.82, 2.24) is 14.8 Å². The molecule has 0 bridgehead atoms. The lowest BCUT2D eigenvalue weighted by Crippen LogP contribution is -2.46. The monoisotopic (exact) mass is 562 g/mol. The number of halogens is 3. The molecule has 0 aliphatic heterocycles. The van der Waals surface area contributed by atoms with Crippen molar-refractivity contribution in [3.8, 4) is 0 Å². The fourth-order valence-electron chi connectivity index (χ4n) is 5.09. The molecule has 1 aliphatic carbocycles. The van der Waals surface area contributed by atoms with E-state index in [1.165, 1.54) is 12.1 Å². The maximum absolute atomic E-state index is 13.7. The number of aromatic nitrogens is 1. The minimum absolute atomic E-state index is 0.0233. The molecule has 9 heteroatoms. The van der Waals surface area contributed by atoms with Gasteiger partial charge in [0.15, 0.2) is 0 Å². The van der Waals surface area contributed by atoms with Gasteiger partial charge < -0.3 is 20.1 Å². The molecule has 0 saturated heterocycles. The fraction of sp³-hybridized carbons (Fsp3) is 0.312.